The molecule has 2 rings (SSSR count). The van der Waals surface area contributed by atoms with Crippen LogP contribution in [0, 0.1) is 5.21 Å². The average Bonchev–Trinajstić information content (AvgIpc) is 2.56. The van der Waals surface area contributed by atoms with Crippen LogP contribution in [0.3, 0.4) is 0 Å². The van der Waals surface area contributed by atoms with Crippen molar-refractivity contribution >= 4 is 11.6 Å². The van der Waals surface area contributed by atoms with Crippen LogP contribution in [0.5, 0.6) is 0 Å². The summed E-state index contributed by atoms with van der Waals surface area (Å²) in [5.74, 6) is 0.425. The van der Waals surface area contributed by atoms with Crippen LogP contribution >= 0.6 is 11.6 Å². The van der Waals surface area contributed by atoms with E-state index < -0.39 is 0 Å². The molecule has 0 bridgehead atoms. The van der Waals surface area contributed by atoms with Gasteiger partial charge in [-0.25, -0.2) is 4.57 Å². The molecule has 0 spiro atoms. The van der Waals surface area contributed by atoms with E-state index in [2.05, 4.69) is 5.10 Å². The van der Waals surface area contributed by atoms with Crippen molar-refractivity contribution in [3.05, 3.63) is 47.0 Å². The van der Waals surface area contributed by atoms with Gasteiger partial charge < -0.3 is 5.21 Å². The molecule has 0 unspecified atom stereocenters. The third kappa shape index (κ3) is 1.48. The Balaban J connectivity index is 2.53. The van der Waals surface area contributed by atoms with Gasteiger partial charge in [0.05, 0.1) is 12.4 Å². The predicted molar refractivity (Wildman–Crippen MR) is 47.5 cm³/mol. The average molecular weight is 196 g/mol. The third-order valence-corrected chi connectivity index (χ3v) is 1.82. The Labute approximate surface area is 79.6 Å². The highest BCUT2D eigenvalue weighted by Crippen LogP contribution is 2.05. The molecule has 2 heterocycles. The maximum Gasteiger partial charge on any atom is 0.310 e. The molecular formula is C8H6ClN3O. The number of aromatic nitrogens is 3. The molecule has 0 atom stereocenters. The van der Waals surface area contributed by atoms with E-state index in [9.17, 15) is 5.21 Å². The summed E-state index contributed by atoms with van der Waals surface area (Å²) in [6, 6.07) is 6.84. The smallest absolute Gasteiger partial charge is 0.310 e. The van der Waals surface area contributed by atoms with Crippen LogP contribution in [0.4, 0.5) is 0 Å². The third-order valence-electron chi connectivity index (χ3n) is 1.62. The number of rotatable bonds is 1. The molecule has 0 aromatic carbocycles. The van der Waals surface area contributed by atoms with E-state index in [0.717, 1.165) is 0 Å². The van der Waals surface area contributed by atoms with E-state index in [1.165, 1.54) is 0 Å². The Morgan fingerprint density at radius 3 is 2.62 bits per heavy atom. The second-order valence-electron chi connectivity index (χ2n) is 2.48. The van der Waals surface area contributed by atoms with Crippen molar-refractivity contribution in [2.24, 2.45) is 0 Å². The Morgan fingerprint density at radius 2 is 2.00 bits per heavy atom. The molecule has 0 N–H and O–H groups in total. The van der Waals surface area contributed by atoms with Gasteiger partial charge in [0.15, 0.2) is 5.15 Å². The molecule has 0 aliphatic carbocycles. The van der Waals surface area contributed by atoms with Gasteiger partial charge in [-0.2, -0.15) is 0 Å². The molecule has 5 heteroatoms. The number of hydrogen-bond donors (Lipinski definition) is 0. The fourth-order valence-electron chi connectivity index (χ4n) is 1.05. The van der Waals surface area contributed by atoms with Crippen molar-refractivity contribution < 1.29 is 4.85 Å². The molecule has 13 heavy (non-hydrogen) atoms. The predicted octanol–water partition coefficient (Wildman–Crippen LogP) is 1.16. The summed E-state index contributed by atoms with van der Waals surface area (Å²) in [4.78, 5) is 0.488. The highest BCUT2D eigenvalue weighted by Gasteiger charge is 2.06. The number of hydrogen-bond acceptors (Lipinski definition) is 2. The van der Waals surface area contributed by atoms with Crippen LogP contribution in [-0.4, -0.2) is 9.67 Å². The zero-order chi connectivity index (χ0) is 9.26. The quantitative estimate of drug-likeness (QED) is 0.506. The first-order chi connectivity index (χ1) is 6.27. The molecule has 0 aliphatic heterocycles. The number of halogens is 1. The fraction of sp³-hybridized carbons (Fsp3) is 0. The van der Waals surface area contributed by atoms with Gasteiger partial charge in [0.2, 0.25) is 0 Å². The van der Waals surface area contributed by atoms with Gasteiger partial charge in [0, 0.05) is 6.07 Å². The minimum atomic E-state index is 0.186. The van der Waals surface area contributed by atoms with Crippen molar-refractivity contribution in [2.45, 2.75) is 0 Å². The van der Waals surface area contributed by atoms with E-state index in [0.29, 0.717) is 10.7 Å². The zero-order valence-corrected chi connectivity index (χ0v) is 7.35. The summed E-state index contributed by atoms with van der Waals surface area (Å²) >= 11 is 5.54. The Hall–Kier alpha value is -1.55. The molecule has 4 nitrogen and oxygen atoms in total. The van der Waals surface area contributed by atoms with Crippen LogP contribution in [0.1, 0.15) is 0 Å². The lowest BCUT2D eigenvalue weighted by Crippen LogP contribution is -2.36. The van der Waals surface area contributed by atoms with E-state index in [-0.39, 0.29) is 5.15 Å². The summed E-state index contributed by atoms with van der Waals surface area (Å²) in [6.45, 7) is 0. The molecule has 0 amide bonds. The molecule has 0 saturated carbocycles. The molecule has 0 fully saturated rings. The van der Waals surface area contributed by atoms with E-state index in [4.69, 9.17) is 11.6 Å². The van der Waals surface area contributed by atoms with Gasteiger partial charge in [-0.15, -0.1) is 4.85 Å². The van der Waals surface area contributed by atoms with E-state index in [1.54, 1.807) is 29.1 Å². The summed E-state index contributed by atoms with van der Waals surface area (Å²) in [7, 11) is 0. The Kier molecular flexibility index (Phi) is 1.90. The standard InChI is InChI=1S/C8H6ClN3O/c9-7-3-4-8(12(13)10-7)11-5-1-2-6-11/h1-6H. The van der Waals surface area contributed by atoms with Gasteiger partial charge in [-0.1, -0.05) is 16.7 Å². The minimum absolute atomic E-state index is 0.186. The lowest BCUT2D eigenvalue weighted by molar-refractivity contribution is -0.663. The van der Waals surface area contributed by atoms with Crippen molar-refractivity contribution in [3.63, 3.8) is 0 Å². The van der Waals surface area contributed by atoms with Gasteiger partial charge >= 0.3 is 5.82 Å². The molecule has 0 saturated heterocycles. The van der Waals surface area contributed by atoms with Crippen LogP contribution < -0.4 is 4.85 Å². The van der Waals surface area contributed by atoms with Crippen LogP contribution in [0.25, 0.3) is 5.82 Å². The maximum absolute atomic E-state index is 11.2. The monoisotopic (exact) mass is 195 g/mol. The summed E-state index contributed by atoms with van der Waals surface area (Å²) < 4.78 is 1.66. The van der Waals surface area contributed by atoms with Crippen LogP contribution in [0.2, 0.25) is 5.15 Å². The normalized spacial score (nSPS) is 10.2. The molecule has 2 aromatic heterocycles. The molecular weight excluding hydrogens is 190 g/mol. The Bertz CT molecular complexity index is 413. The van der Waals surface area contributed by atoms with Gasteiger partial charge in [-0.05, 0) is 18.2 Å². The van der Waals surface area contributed by atoms with Crippen LogP contribution in [0.15, 0.2) is 36.7 Å². The fourth-order valence-corrected chi connectivity index (χ4v) is 1.18. The second kappa shape index (κ2) is 3.06. The highest BCUT2D eigenvalue weighted by atomic mass is 35.5. The maximum atomic E-state index is 11.2. The zero-order valence-electron chi connectivity index (χ0n) is 6.59. The first kappa shape index (κ1) is 8.07. The SMILES string of the molecule is [O-][n+]1nc(Cl)ccc1-n1cccc1. The largest absolute Gasteiger partial charge is 0.691 e. The topological polar surface area (TPSA) is 44.8 Å². The van der Waals surface area contributed by atoms with Gasteiger partial charge in [0.25, 0.3) is 0 Å². The Morgan fingerprint density at radius 1 is 1.31 bits per heavy atom. The lowest BCUT2D eigenvalue weighted by Gasteiger charge is -2.04. The molecule has 0 aliphatic rings. The van der Waals surface area contributed by atoms with Crippen LogP contribution in [-0.2, 0) is 0 Å². The van der Waals surface area contributed by atoms with Gasteiger partial charge in [-0.3, -0.25) is 0 Å². The van der Waals surface area contributed by atoms with Crippen molar-refractivity contribution in [3.8, 4) is 5.82 Å². The lowest BCUT2D eigenvalue weighted by atomic mass is 10.5. The first-order valence-electron chi connectivity index (χ1n) is 3.67. The number of nitrogens with zero attached hydrogens (tertiary/aromatic N) is 3. The summed E-state index contributed by atoms with van der Waals surface area (Å²) in [5, 5.41) is 15.0. The minimum Gasteiger partial charge on any atom is -0.691 e. The van der Waals surface area contributed by atoms with Crippen molar-refractivity contribution in [1.29, 1.82) is 0 Å². The van der Waals surface area contributed by atoms with Crippen molar-refractivity contribution in [1.82, 2.24) is 9.67 Å². The molecule has 2 aromatic rings. The molecule has 0 radical (unpaired) electrons. The summed E-state index contributed by atoms with van der Waals surface area (Å²) in [6.07, 6.45) is 3.53. The van der Waals surface area contributed by atoms with Crippen molar-refractivity contribution in [2.75, 3.05) is 0 Å². The van der Waals surface area contributed by atoms with E-state index >= 15 is 0 Å². The molecule has 66 valence electrons. The first-order valence-corrected chi connectivity index (χ1v) is 4.05. The van der Waals surface area contributed by atoms with Gasteiger partial charge in [0.1, 0.15) is 0 Å². The summed E-state index contributed by atoms with van der Waals surface area (Å²) in [5.41, 5.74) is 0. The van der Waals surface area contributed by atoms with E-state index in [1.807, 2.05) is 12.1 Å². The highest BCUT2D eigenvalue weighted by molar-refractivity contribution is 6.29. The second-order valence-corrected chi connectivity index (χ2v) is 2.86.